The minimum Gasteiger partial charge on any atom is -0.395 e. The van der Waals surface area contributed by atoms with Crippen LogP contribution in [0.2, 0.25) is 0 Å². The van der Waals surface area contributed by atoms with Crippen LogP contribution in [0, 0.1) is 6.92 Å². The second-order valence-electron chi connectivity index (χ2n) is 8.06. The van der Waals surface area contributed by atoms with Crippen LogP contribution in [0.15, 0.2) is 89.8 Å². The Morgan fingerprint density at radius 2 is 1.39 bits per heavy atom. The Kier molecular flexibility index (Phi) is 7.33. The lowest BCUT2D eigenvalue weighted by Gasteiger charge is -2.15. The molecule has 0 aliphatic carbocycles. The van der Waals surface area contributed by atoms with Crippen molar-refractivity contribution in [2.24, 2.45) is 0 Å². The van der Waals surface area contributed by atoms with Crippen LogP contribution in [0.5, 0.6) is 0 Å². The summed E-state index contributed by atoms with van der Waals surface area (Å²) in [4.78, 5) is 25.7. The van der Waals surface area contributed by atoms with Crippen LogP contribution in [0.3, 0.4) is 0 Å². The first-order chi connectivity index (χ1) is 17.3. The van der Waals surface area contributed by atoms with Crippen molar-refractivity contribution in [3.63, 3.8) is 0 Å². The third-order valence-corrected chi connectivity index (χ3v) is 7.03. The third kappa shape index (κ3) is 5.22. The first-order valence-corrected chi connectivity index (χ1v) is 12.7. The molecule has 0 aliphatic heterocycles. The molecule has 36 heavy (non-hydrogen) atoms. The van der Waals surface area contributed by atoms with Crippen molar-refractivity contribution in [3.8, 4) is 0 Å². The van der Waals surface area contributed by atoms with Gasteiger partial charge in [-0.3, -0.25) is 9.59 Å². The summed E-state index contributed by atoms with van der Waals surface area (Å²) in [5.41, 5.74) is 2.30. The highest BCUT2D eigenvalue weighted by atomic mass is 32.2. The van der Waals surface area contributed by atoms with Gasteiger partial charge in [0, 0.05) is 34.3 Å². The molecule has 4 rings (SSSR count). The fourth-order valence-electron chi connectivity index (χ4n) is 3.89. The van der Waals surface area contributed by atoms with Crippen molar-refractivity contribution in [1.82, 2.24) is 4.72 Å². The summed E-state index contributed by atoms with van der Waals surface area (Å²) in [7, 11) is -4.27. The van der Waals surface area contributed by atoms with Gasteiger partial charge in [-0.05, 0) is 42.8 Å². The number of carbonyl (C=O) groups is 2. The molecule has 4 aromatic rings. The van der Waals surface area contributed by atoms with Crippen molar-refractivity contribution < 1.29 is 23.1 Å². The van der Waals surface area contributed by atoms with E-state index in [-0.39, 0.29) is 29.5 Å². The van der Waals surface area contributed by atoms with Gasteiger partial charge in [0.05, 0.1) is 17.1 Å². The molecule has 0 saturated heterocycles. The first kappa shape index (κ1) is 24.9. The molecule has 0 bridgehead atoms. The minimum absolute atomic E-state index is 0.0962. The SMILES string of the molecule is Cc1ccccc1C(=O)Nc1ccc(S(=O)(=O)NC(=O)c2ccccc2NCCO)c2ccccc12. The monoisotopic (exact) mass is 503 g/mol. The molecule has 0 aliphatic rings. The van der Waals surface area contributed by atoms with Crippen molar-refractivity contribution >= 4 is 44.0 Å². The molecule has 0 heterocycles. The standard InChI is InChI=1S/C27H25N3O5S/c1-18-8-2-3-9-19(18)26(32)29-24-14-15-25(21-11-5-4-10-20(21)24)36(34,35)30-27(33)22-12-6-7-13-23(22)28-16-17-31/h2-15,28,31H,16-17H2,1H3,(H,29,32)(H,30,33). The van der Waals surface area contributed by atoms with E-state index in [1.165, 1.54) is 18.2 Å². The average Bonchev–Trinajstić information content (AvgIpc) is 2.87. The fraction of sp³-hybridized carbons (Fsp3) is 0.111. The van der Waals surface area contributed by atoms with Crippen LogP contribution >= 0.6 is 0 Å². The Morgan fingerprint density at radius 3 is 2.11 bits per heavy atom. The maximum atomic E-state index is 13.3. The number of benzene rings is 4. The summed E-state index contributed by atoms with van der Waals surface area (Å²) in [6.07, 6.45) is 0. The topological polar surface area (TPSA) is 125 Å². The van der Waals surface area contributed by atoms with Gasteiger partial charge in [-0.1, -0.05) is 54.6 Å². The van der Waals surface area contributed by atoms with Crippen LogP contribution in [-0.2, 0) is 10.0 Å². The van der Waals surface area contributed by atoms with E-state index in [0.29, 0.717) is 27.7 Å². The third-order valence-electron chi connectivity index (χ3n) is 5.64. The Hall–Kier alpha value is -4.21. The molecule has 4 N–H and O–H groups in total. The van der Waals surface area contributed by atoms with Crippen molar-refractivity contribution in [2.45, 2.75) is 11.8 Å². The molecule has 0 aromatic heterocycles. The van der Waals surface area contributed by atoms with Gasteiger partial charge < -0.3 is 15.7 Å². The summed E-state index contributed by atoms with van der Waals surface area (Å²) in [6, 6.07) is 23.2. The number of hydrogen-bond donors (Lipinski definition) is 4. The Labute approximate surface area is 209 Å². The molecule has 0 unspecified atom stereocenters. The number of para-hydroxylation sites is 1. The second-order valence-corrected chi connectivity index (χ2v) is 9.71. The molecular weight excluding hydrogens is 478 g/mol. The number of hydrogen-bond acceptors (Lipinski definition) is 6. The zero-order valence-corrected chi connectivity index (χ0v) is 20.3. The number of fused-ring (bicyclic) bond motifs is 1. The number of aryl methyl sites for hydroxylation is 1. The van der Waals surface area contributed by atoms with Gasteiger partial charge in [-0.15, -0.1) is 0 Å². The van der Waals surface area contributed by atoms with E-state index < -0.39 is 15.9 Å². The van der Waals surface area contributed by atoms with E-state index in [1.807, 2.05) is 19.1 Å². The predicted octanol–water partition coefficient (Wildman–Crippen LogP) is 3.92. The van der Waals surface area contributed by atoms with Gasteiger partial charge >= 0.3 is 0 Å². The first-order valence-electron chi connectivity index (χ1n) is 11.2. The van der Waals surface area contributed by atoms with E-state index in [1.54, 1.807) is 54.6 Å². The number of sulfonamides is 1. The zero-order valence-electron chi connectivity index (χ0n) is 19.5. The Morgan fingerprint density at radius 1 is 0.750 bits per heavy atom. The lowest BCUT2D eigenvalue weighted by molar-refractivity contribution is 0.0980. The smallest absolute Gasteiger partial charge is 0.267 e. The number of amides is 2. The maximum absolute atomic E-state index is 13.3. The lowest BCUT2D eigenvalue weighted by Crippen LogP contribution is -2.31. The largest absolute Gasteiger partial charge is 0.395 e. The quantitative estimate of drug-likeness (QED) is 0.289. The van der Waals surface area contributed by atoms with E-state index in [0.717, 1.165) is 5.56 Å². The second kappa shape index (κ2) is 10.6. The van der Waals surface area contributed by atoms with Crippen LogP contribution in [0.25, 0.3) is 10.8 Å². The molecule has 2 amide bonds. The highest BCUT2D eigenvalue weighted by Crippen LogP contribution is 2.30. The van der Waals surface area contributed by atoms with Crippen molar-refractivity contribution in [1.29, 1.82) is 0 Å². The summed E-state index contributed by atoms with van der Waals surface area (Å²) in [5.74, 6) is -1.12. The normalized spacial score (nSPS) is 11.2. The highest BCUT2D eigenvalue weighted by molar-refractivity contribution is 7.90. The molecule has 4 aromatic carbocycles. The minimum atomic E-state index is -4.27. The number of rotatable bonds is 8. The van der Waals surface area contributed by atoms with Gasteiger partial charge in [0.2, 0.25) is 0 Å². The Balaban J connectivity index is 1.66. The van der Waals surface area contributed by atoms with E-state index in [9.17, 15) is 18.0 Å². The summed E-state index contributed by atoms with van der Waals surface area (Å²) in [6.45, 7) is 1.90. The van der Waals surface area contributed by atoms with Gasteiger partial charge in [-0.25, -0.2) is 13.1 Å². The average molecular weight is 504 g/mol. The molecule has 0 fully saturated rings. The van der Waals surface area contributed by atoms with Gasteiger partial charge in [0.25, 0.3) is 21.8 Å². The van der Waals surface area contributed by atoms with Crippen LogP contribution in [-0.4, -0.2) is 38.5 Å². The summed E-state index contributed by atoms with van der Waals surface area (Å²) in [5, 5.41) is 15.7. The van der Waals surface area contributed by atoms with Crippen LogP contribution < -0.4 is 15.4 Å². The summed E-state index contributed by atoms with van der Waals surface area (Å²) < 4.78 is 28.7. The number of nitrogens with one attached hydrogen (secondary N) is 3. The Bertz CT molecular complexity index is 1550. The molecule has 184 valence electrons. The van der Waals surface area contributed by atoms with E-state index in [4.69, 9.17) is 5.11 Å². The number of carbonyl (C=O) groups excluding carboxylic acids is 2. The van der Waals surface area contributed by atoms with Gasteiger partial charge in [0.15, 0.2) is 0 Å². The van der Waals surface area contributed by atoms with Crippen molar-refractivity contribution in [2.75, 3.05) is 23.8 Å². The number of aliphatic hydroxyl groups is 1. The van der Waals surface area contributed by atoms with E-state index in [2.05, 4.69) is 15.4 Å². The maximum Gasteiger partial charge on any atom is 0.267 e. The molecule has 0 spiro atoms. The highest BCUT2D eigenvalue weighted by Gasteiger charge is 2.24. The molecular formula is C27H25N3O5S. The predicted molar refractivity (Wildman–Crippen MR) is 140 cm³/mol. The van der Waals surface area contributed by atoms with Crippen LogP contribution in [0.1, 0.15) is 26.3 Å². The van der Waals surface area contributed by atoms with Gasteiger partial charge in [-0.2, -0.15) is 0 Å². The lowest BCUT2D eigenvalue weighted by atomic mass is 10.1. The van der Waals surface area contributed by atoms with Crippen LogP contribution in [0.4, 0.5) is 11.4 Å². The molecule has 0 saturated carbocycles. The fourth-order valence-corrected chi connectivity index (χ4v) is 5.07. The molecule has 0 radical (unpaired) electrons. The number of anilines is 2. The van der Waals surface area contributed by atoms with E-state index >= 15 is 0 Å². The molecule has 8 nitrogen and oxygen atoms in total. The number of aliphatic hydroxyl groups excluding tert-OH is 1. The molecule has 9 heteroatoms. The van der Waals surface area contributed by atoms with Crippen molar-refractivity contribution in [3.05, 3.63) is 102 Å². The van der Waals surface area contributed by atoms with Gasteiger partial charge in [0.1, 0.15) is 0 Å². The molecule has 0 atom stereocenters. The summed E-state index contributed by atoms with van der Waals surface area (Å²) >= 11 is 0. The zero-order chi connectivity index (χ0) is 25.7.